The molecular weight excluding hydrogens is 256 g/mol. The quantitative estimate of drug-likeness (QED) is 0.923. The largest absolute Gasteiger partial charge is 0.477 e. The molecule has 3 rings (SSSR count). The van der Waals surface area contributed by atoms with Crippen LogP contribution in [0.1, 0.15) is 34.9 Å². The molecule has 0 spiro atoms. The van der Waals surface area contributed by atoms with Gasteiger partial charge in [-0.3, -0.25) is 4.68 Å². The van der Waals surface area contributed by atoms with Crippen LogP contribution in [0.5, 0.6) is 0 Å². The molecule has 2 aromatic rings. The molecule has 0 saturated carbocycles. The zero-order valence-electron chi connectivity index (χ0n) is 11.2. The van der Waals surface area contributed by atoms with E-state index in [0.29, 0.717) is 0 Å². The van der Waals surface area contributed by atoms with Gasteiger partial charge in [-0.2, -0.15) is 5.10 Å². The Morgan fingerprint density at radius 2 is 2.30 bits per heavy atom. The summed E-state index contributed by atoms with van der Waals surface area (Å²) in [6, 6.07) is 5.34. The summed E-state index contributed by atoms with van der Waals surface area (Å²) in [5.74, 6) is -0.278. The monoisotopic (exact) mass is 272 g/mol. The number of carboxylic acid groups (broad SMARTS) is 1. The predicted octanol–water partition coefficient (Wildman–Crippen LogP) is 1.85. The van der Waals surface area contributed by atoms with Crippen molar-refractivity contribution in [3.8, 4) is 0 Å². The van der Waals surface area contributed by atoms with Gasteiger partial charge in [0.25, 0.3) is 0 Å². The van der Waals surface area contributed by atoms with E-state index in [1.807, 2.05) is 25.5 Å². The van der Waals surface area contributed by atoms with Crippen LogP contribution < -0.4 is 4.90 Å². The lowest BCUT2D eigenvalue weighted by molar-refractivity contribution is 0.0690. The Balaban J connectivity index is 1.92. The van der Waals surface area contributed by atoms with Gasteiger partial charge in [0.2, 0.25) is 0 Å². The van der Waals surface area contributed by atoms with Gasteiger partial charge >= 0.3 is 5.97 Å². The minimum Gasteiger partial charge on any atom is -0.477 e. The van der Waals surface area contributed by atoms with Crippen LogP contribution in [0.25, 0.3) is 0 Å². The molecule has 0 aliphatic carbocycles. The van der Waals surface area contributed by atoms with Gasteiger partial charge in [0.05, 0.1) is 12.2 Å². The minimum atomic E-state index is -0.996. The molecule has 0 bridgehead atoms. The first-order valence-electron chi connectivity index (χ1n) is 6.60. The minimum absolute atomic E-state index is 0.0827. The highest BCUT2D eigenvalue weighted by Crippen LogP contribution is 2.34. The summed E-state index contributed by atoms with van der Waals surface area (Å²) < 4.78 is 1.78. The summed E-state index contributed by atoms with van der Waals surface area (Å²) >= 11 is 0. The second-order valence-electron chi connectivity index (χ2n) is 4.98. The highest BCUT2D eigenvalue weighted by molar-refractivity contribution is 5.85. The third kappa shape index (κ3) is 2.24. The summed E-state index contributed by atoms with van der Waals surface area (Å²) in [6.07, 6.45) is 5.97. The second-order valence-corrected chi connectivity index (χ2v) is 4.98. The highest BCUT2D eigenvalue weighted by atomic mass is 16.4. The summed E-state index contributed by atoms with van der Waals surface area (Å²) in [5, 5.41) is 13.3. The number of hydrogen-bond donors (Lipinski definition) is 1. The summed E-state index contributed by atoms with van der Waals surface area (Å²) in [4.78, 5) is 17.4. The Kier molecular flexibility index (Phi) is 3.14. The number of aromatic nitrogens is 3. The first kappa shape index (κ1) is 12.7. The fourth-order valence-electron chi connectivity index (χ4n) is 2.70. The van der Waals surface area contributed by atoms with E-state index in [-0.39, 0.29) is 11.7 Å². The van der Waals surface area contributed by atoms with Crippen LogP contribution in [0.15, 0.2) is 30.6 Å². The molecule has 104 valence electrons. The van der Waals surface area contributed by atoms with Crippen molar-refractivity contribution in [2.45, 2.75) is 18.9 Å². The second kappa shape index (κ2) is 4.96. The Morgan fingerprint density at radius 3 is 3.00 bits per heavy atom. The van der Waals surface area contributed by atoms with E-state index in [1.165, 1.54) is 6.07 Å². The van der Waals surface area contributed by atoms with Gasteiger partial charge in [0.1, 0.15) is 5.82 Å². The molecule has 0 aromatic carbocycles. The number of carboxylic acids is 1. The molecule has 3 heterocycles. The van der Waals surface area contributed by atoms with Crippen LogP contribution in [0.4, 0.5) is 5.82 Å². The van der Waals surface area contributed by atoms with Gasteiger partial charge in [0, 0.05) is 25.4 Å². The van der Waals surface area contributed by atoms with E-state index in [0.717, 1.165) is 30.8 Å². The van der Waals surface area contributed by atoms with Gasteiger partial charge in [0.15, 0.2) is 5.69 Å². The molecule has 0 unspecified atom stereocenters. The lowest BCUT2D eigenvalue weighted by Gasteiger charge is -2.25. The van der Waals surface area contributed by atoms with Crippen molar-refractivity contribution in [1.29, 1.82) is 0 Å². The zero-order chi connectivity index (χ0) is 14.1. The average Bonchev–Trinajstić information content (AvgIpc) is 3.07. The molecule has 6 nitrogen and oxygen atoms in total. The van der Waals surface area contributed by atoms with E-state index >= 15 is 0 Å². The maximum Gasteiger partial charge on any atom is 0.354 e. The number of rotatable bonds is 3. The van der Waals surface area contributed by atoms with Crippen molar-refractivity contribution in [3.05, 3.63) is 41.9 Å². The van der Waals surface area contributed by atoms with Crippen molar-refractivity contribution >= 4 is 11.8 Å². The van der Waals surface area contributed by atoms with Gasteiger partial charge in [-0.15, -0.1) is 0 Å². The molecule has 1 aliphatic heterocycles. The van der Waals surface area contributed by atoms with Crippen molar-refractivity contribution in [2.75, 3.05) is 11.4 Å². The highest BCUT2D eigenvalue weighted by Gasteiger charge is 2.28. The number of hydrogen-bond acceptors (Lipinski definition) is 4. The Bertz CT molecular complexity index is 638. The topological polar surface area (TPSA) is 71.2 Å². The standard InChI is InChI=1S/C14H16N4O2/c1-17-9-10(8-15-17)12-5-3-7-18(12)13-6-2-4-11(16-13)14(19)20/h2,4,6,8-9,12H,3,5,7H2,1H3,(H,19,20)/t12-/m0/s1. The Labute approximate surface area is 116 Å². The first-order chi connectivity index (χ1) is 9.65. The lowest BCUT2D eigenvalue weighted by Crippen LogP contribution is -2.23. The van der Waals surface area contributed by atoms with Crippen LogP contribution in [0.3, 0.4) is 0 Å². The maximum atomic E-state index is 11.0. The molecular formula is C14H16N4O2. The molecule has 6 heteroatoms. The number of nitrogens with zero attached hydrogens (tertiary/aromatic N) is 4. The van der Waals surface area contributed by atoms with Gasteiger partial charge < -0.3 is 10.0 Å². The smallest absolute Gasteiger partial charge is 0.354 e. The SMILES string of the molecule is Cn1cc([C@@H]2CCCN2c2cccc(C(=O)O)n2)cn1. The van der Waals surface area contributed by atoms with E-state index in [9.17, 15) is 4.79 Å². The maximum absolute atomic E-state index is 11.0. The van der Waals surface area contributed by atoms with Crippen LogP contribution in [-0.2, 0) is 7.05 Å². The summed E-state index contributed by atoms with van der Waals surface area (Å²) in [5.41, 5.74) is 1.23. The molecule has 20 heavy (non-hydrogen) atoms. The average molecular weight is 272 g/mol. The van der Waals surface area contributed by atoms with Crippen LogP contribution in [-0.4, -0.2) is 32.4 Å². The number of aryl methyl sites for hydroxylation is 1. The van der Waals surface area contributed by atoms with Crippen molar-refractivity contribution in [2.24, 2.45) is 7.05 Å². The zero-order valence-corrected chi connectivity index (χ0v) is 11.2. The van der Waals surface area contributed by atoms with E-state index < -0.39 is 5.97 Å². The van der Waals surface area contributed by atoms with E-state index in [1.54, 1.807) is 10.7 Å². The fraction of sp³-hybridized carbons (Fsp3) is 0.357. The molecule has 0 amide bonds. The van der Waals surface area contributed by atoms with Crippen LogP contribution in [0, 0.1) is 0 Å². The molecule has 0 radical (unpaired) electrons. The summed E-state index contributed by atoms with van der Waals surface area (Å²) in [7, 11) is 1.89. The molecule has 1 atom stereocenters. The molecule has 1 saturated heterocycles. The Hall–Kier alpha value is -2.37. The third-order valence-corrected chi connectivity index (χ3v) is 3.61. The number of pyridine rings is 1. The Morgan fingerprint density at radius 1 is 1.45 bits per heavy atom. The molecule has 1 aliphatic rings. The van der Waals surface area contributed by atoms with Crippen molar-refractivity contribution < 1.29 is 9.90 Å². The fourth-order valence-corrected chi connectivity index (χ4v) is 2.70. The number of anilines is 1. The van der Waals surface area contributed by atoms with Gasteiger partial charge in [-0.05, 0) is 25.0 Å². The number of aromatic carboxylic acids is 1. The third-order valence-electron chi connectivity index (χ3n) is 3.61. The van der Waals surface area contributed by atoms with Crippen molar-refractivity contribution in [1.82, 2.24) is 14.8 Å². The molecule has 1 N–H and O–H groups in total. The van der Waals surface area contributed by atoms with Crippen molar-refractivity contribution in [3.63, 3.8) is 0 Å². The predicted molar refractivity (Wildman–Crippen MR) is 73.7 cm³/mol. The van der Waals surface area contributed by atoms with Gasteiger partial charge in [-0.1, -0.05) is 6.07 Å². The van der Waals surface area contributed by atoms with Crippen LogP contribution >= 0.6 is 0 Å². The summed E-state index contributed by atoms with van der Waals surface area (Å²) in [6.45, 7) is 0.885. The normalized spacial score (nSPS) is 18.4. The number of carbonyl (C=O) groups is 1. The lowest BCUT2D eigenvalue weighted by atomic mass is 10.1. The van der Waals surface area contributed by atoms with E-state index in [2.05, 4.69) is 15.0 Å². The van der Waals surface area contributed by atoms with Gasteiger partial charge in [-0.25, -0.2) is 9.78 Å². The molecule has 2 aromatic heterocycles. The first-order valence-corrected chi connectivity index (χ1v) is 6.60. The molecule has 1 fully saturated rings. The van der Waals surface area contributed by atoms with Crippen LogP contribution in [0.2, 0.25) is 0 Å². The van der Waals surface area contributed by atoms with E-state index in [4.69, 9.17) is 5.11 Å².